The van der Waals surface area contributed by atoms with E-state index in [0.717, 1.165) is 17.9 Å². The van der Waals surface area contributed by atoms with Crippen LogP contribution >= 0.6 is 0 Å². The van der Waals surface area contributed by atoms with Crippen LogP contribution in [-0.2, 0) is 4.74 Å². The van der Waals surface area contributed by atoms with Crippen molar-refractivity contribution in [2.75, 3.05) is 19.8 Å². The second-order valence-electron chi connectivity index (χ2n) is 2.75. The van der Waals surface area contributed by atoms with Crippen LogP contribution in [0.15, 0.2) is 18.2 Å². The van der Waals surface area contributed by atoms with Crippen LogP contribution in [0.1, 0.15) is 12.5 Å². The average molecular weight is 283 g/mol. The Labute approximate surface area is 118 Å². The maximum absolute atomic E-state index is 5.44. The maximum atomic E-state index is 5.44. The summed E-state index contributed by atoms with van der Waals surface area (Å²) in [5, 5.41) is 0. The summed E-state index contributed by atoms with van der Waals surface area (Å²) in [6.45, 7) is 5.97. The van der Waals surface area contributed by atoms with Crippen molar-refractivity contribution >= 4 is 23.1 Å². The minimum atomic E-state index is 0. The van der Waals surface area contributed by atoms with Gasteiger partial charge < -0.3 is 26.5 Å². The van der Waals surface area contributed by atoms with Crippen LogP contribution in [0.3, 0.4) is 0 Å². The first-order valence-corrected chi connectivity index (χ1v) is 4.52. The zero-order chi connectivity index (χ0) is 9.52. The van der Waals surface area contributed by atoms with E-state index in [9.17, 15) is 0 Å². The molecule has 80 valence electrons. The van der Waals surface area contributed by atoms with Crippen LogP contribution in [0.2, 0.25) is 0 Å². The Morgan fingerprint density at radius 2 is 2.07 bits per heavy atom. The van der Waals surface area contributed by atoms with Gasteiger partial charge in [0.15, 0.2) is 0 Å². The van der Waals surface area contributed by atoms with Gasteiger partial charge in [0.2, 0.25) is 0 Å². The van der Waals surface area contributed by atoms with Gasteiger partial charge in [-0.25, -0.2) is 0 Å². The molecule has 0 aliphatic heterocycles. The molecule has 1 aromatic carbocycles. The number of rotatable bonds is 5. The molecule has 0 aliphatic carbocycles. The normalized spacial score (nSPS) is 8.67. The molecule has 0 heterocycles. The Morgan fingerprint density at radius 3 is 2.67 bits per heavy atom. The van der Waals surface area contributed by atoms with Crippen LogP contribution in [0.4, 0.5) is 0 Å². The maximum Gasteiger partial charge on any atom is 2.00 e. The van der Waals surface area contributed by atoms with Crippen LogP contribution in [-0.4, -0.2) is 42.9 Å². The summed E-state index contributed by atoms with van der Waals surface area (Å²) in [5.74, 6) is 0.885. The van der Waals surface area contributed by atoms with Crippen LogP contribution in [0.5, 0.6) is 5.75 Å². The Bertz CT molecular complexity index is 256. The number of ether oxygens (including phenoxy) is 2. The molecule has 0 saturated heterocycles. The fraction of sp³-hybridized carbons (Fsp3) is 0.455. The van der Waals surface area contributed by atoms with E-state index in [2.05, 4.69) is 6.07 Å². The summed E-state index contributed by atoms with van der Waals surface area (Å²) in [6.07, 6.45) is 0. The van der Waals surface area contributed by atoms with Crippen molar-refractivity contribution in [2.45, 2.75) is 13.8 Å². The molecule has 4 heteroatoms. The van der Waals surface area contributed by atoms with Gasteiger partial charge in [-0.1, -0.05) is 6.92 Å². The Kier molecular flexibility index (Phi) is 12.6. The second kappa shape index (κ2) is 10.7. The van der Waals surface area contributed by atoms with E-state index < -0.39 is 0 Å². The van der Waals surface area contributed by atoms with Gasteiger partial charge in [-0.15, -0.1) is 12.1 Å². The average Bonchev–Trinajstić information content (AvgIpc) is 2.13. The number of aryl methyl sites for hydroxylation is 1. The fourth-order valence-corrected chi connectivity index (χ4v) is 1.01. The summed E-state index contributed by atoms with van der Waals surface area (Å²) in [4.78, 5) is 0. The summed E-state index contributed by atoms with van der Waals surface area (Å²) in [5.41, 5.74) is 1.09. The third-order valence-corrected chi connectivity index (χ3v) is 1.62. The van der Waals surface area contributed by atoms with E-state index in [1.807, 2.05) is 32.0 Å². The van der Waals surface area contributed by atoms with Crippen molar-refractivity contribution in [2.24, 2.45) is 0 Å². The number of hydrogen-bond acceptors (Lipinski definition) is 2. The summed E-state index contributed by atoms with van der Waals surface area (Å²) < 4.78 is 10.6. The van der Waals surface area contributed by atoms with Gasteiger partial charge in [0.05, 0.1) is 6.61 Å². The largest absolute Gasteiger partial charge is 2.00 e. The van der Waals surface area contributed by atoms with Crippen molar-refractivity contribution < 1.29 is 26.5 Å². The van der Waals surface area contributed by atoms with Crippen molar-refractivity contribution in [3.8, 4) is 5.75 Å². The van der Waals surface area contributed by atoms with Crippen LogP contribution < -0.4 is 21.7 Å². The fourth-order valence-electron chi connectivity index (χ4n) is 1.01. The number of halogens is 1. The van der Waals surface area contributed by atoms with Gasteiger partial charge in [0.25, 0.3) is 0 Å². The molecule has 0 aliphatic rings. The summed E-state index contributed by atoms with van der Waals surface area (Å²) in [7, 11) is 0. The number of benzene rings is 1. The third kappa shape index (κ3) is 8.08. The molecule has 0 fully saturated rings. The molecule has 0 bridgehead atoms. The second-order valence-corrected chi connectivity index (χ2v) is 2.75. The molecule has 0 atom stereocenters. The van der Waals surface area contributed by atoms with Crippen LogP contribution in [0, 0.1) is 13.0 Å². The Balaban J connectivity index is 0. The zero-order valence-corrected chi connectivity index (χ0v) is 12.3. The van der Waals surface area contributed by atoms with Crippen molar-refractivity contribution in [3.05, 3.63) is 29.8 Å². The van der Waals surface area contributed by atoms with Crippen LogP contribution in [0.25, 0.3) is 0 Å². The zero-order valence-electron chi connectivity index (χ0n) is 9.25. The molecule has 0 saturated carbocycles. The SMILES string of the molecule is CCOCCOc1cc[c-]c(C)c1.[Br-].[Mg+2]. The topological polar surface area (TPSA) is 18.5 Å². The molecule has 1 aromatic rings. The monoisotopic (exact) mass is 282 g/mol. The van der Waals surface area contributed by atoms with E-state index in [1.165, 1.54) is 0 Å². The van der Waals surface area contributed by atoms with Gasteiger partial charge >= 0.3 is 23.1 Å². The molecule has 0 N–H and O–H groups in total. The quantitative estimate of drug-likeness (QED) is 0.385. The van der Waals surface area contributed by atoms with Gasteiger partial charge in [-0.2, -0.15) is 17.7 Å². The summed E-state index contributed by atoms with van der Waals surface area (Å²) in [6, 6.07) is 8.79. The van der Waals surface area contributed by atoms with E-state index in [0.29, 0.717) is 13.2 Å². The van der Waals surface area contributed by atoms with E-state index >= 15 is 0 Å². The van der Waals surface area contributed by atoms with E-state index in [4.69, 9.17) is 9.47 Å². The Hall–Kier alpha value is 0.226. The molecule has 0 amide bonds. The number of hydrogen-bond donors (Lipinski definition) is 0. The van der Waals surface area contributed by atoms with Crippen molar-refractivity contribution in [1.29, 1.82) is 0 Å². The van der Waals surface area contributed by atoms with Gasteiger partial charge in [0.1, 0.15) is 6.61 Å². The molecule has 0 aromatic heterocycles. The van der Waals surface area contributed by atoms with Crippen molar-refractivity contribution in [3.63, 3.8) is 0 Å². The molecular formula is C11H15BrMgO2. The molecule has 1 rings (SSSR count). The first-order valence-electron chi connectivity index (χ1n) is 4.52. The minimum absolute atomic E-state index is 0. The molecule has 15 heavy (non-hydrogen) atoms. The summed E-state index contributed by atoms with van der Waals surface area (Å²) >= 11 is 0. The van der Waals surface area contributed by atoms with E-state index in [1.54, 1.807) is 0 Å². The van der Waals surface area contributed by atoms with Gasteiger partial charge in [0, 0.05) is 12.4 Å². The molecule has 2 nitrogen and oxygen atoms in total. The molecule has 0 radical (unpaired) electrons. The standard InChI is InChI=1S/C11H15O2.BrH.Mg/c1-3-12-7-8-13-11-6-4-5-10(2)9-11;;/h4,6,9H,3,7-8H2,1-2H3;1H;/q-1;;+2/p-1. The Morgan fingerprint density at radius 1 is 1.33 bits per heavy atom. The predicted molar refractivity (Wildman–Crippen MR) is 57.8 cm³/mol. The predicted octanol–water partition coefficient (Wildman–Crippen LogP) is -1.17. The van der Waals surface area contributed by atoms with E-state index in [-0.39, 0.29) is 40.0 Å². The smallest absolute Gasteiger partial charge is 1.00 e. The molecular weight excluding hydrogens is 268 g/mol. The third-order valence-electron chi connectivity index (χ3n) is 1.62. The van der Waals surface area contributed by atoms with Crippen molar-refractivity contribution in [1.82, 2.24) is 0 Å². The van der Waals surface area contributed by atoms with Gasteiger partial charge in [-0.3, -0.25) is 0 Å². The minimum Gasteiger partial charge on any atom is -1.00 e. The van der Waals surface area contributed by atoms with Gasteiger partial charge in [-0.05, 0) is 6.92 Å². The molecule has 0 spiro atoms. The first kappa shape index (κ1) is 17.6. The molecule has 0 unspecified atom stereocenters. The first-order chi connectivity index (χ1) is 6.33.